The lowest BCUT2D eigenvalue weighted by Gasteiger charge is -2.28. The molecule has 0 heterocycles. The maximum absolute atomic E-state index is 11.9. The van der Waals surface area contributed by atoms with E-state index in [1.807, 2.05) is 6.07 Å². The third kappa shape index (κ3) is 3.97. The summed E-state index contributed by atoms with van der Waals surface area (Å²) in [7, 11) is -3.46. The zero-order chi connectivity index (χ0) is 12.9. The first-order chi connectivity index (χ1) is 8.03. The molecule has 0 spiro atoms. The highest BCUT2D eigenvalue weighted by atomic mass is 32.2. The second-order valence-electron chi connectivity index (χ2n) is 4.81. The Morgan fingerprint density at radius 3 is 2.29 bits per heavy atom. The summed E-state index contributed by atoms with van der Waals surface area (Å²) in [5.74, 6) is 0.744. The van der Waals surface area contributed by atoms with Gasteiger partial charge in [0.25, 0.3) is 0 Å². The number of hydrogen-bond acceptors (Lipinski definition) is 3. The Hall–Kier alpha value is -0.600. The molecule has 0 aromatic heterocycles. The van der Waals surface area contributed by atoms with Crippen LogP contribution in [0, 0.1) is 17.2 Å². The lowest BCUT2D eigenvalue weighted by molar-refractivity contribution is 0.306. The molecule has 1 rings (SSSR count). The van der Waals surface area contributed by atoms with Gasteiger partial charge in [0, 0.05) is 6.04 Å². The van der Waals surface area contributed by atoms with Crippen molar-refractivity contribution in [3.8, 4) is 6.07 Å². The Bertz CT molecular complexity index is 364. The van der Waals surface area contributed by atoms with Gasteiger partial charge in [-0.05, 0) is 38.0 Å². The van der Waals surface area contributed by atoms with E-state index in [1.165, 1.54) is 6.42 Å². The van der Waals surface area contributed by atoms with Gasteiger partial charge in [0.1, 0.15) is 0 Å². The molecule has 1 fully saturated rings. The number of nitrogens with one attached hydrogen (secondary N) is 1. The van der Waals surface area contributed by atoms with Gasteiger partial charge in [-0.2, -0.15) is 5.26 Å². The first-order valence-corrected chi connectivity index (χ1v) is 7.98. The first-order valence-electron chi connectivity index (χ1n) is 6.44. The summed E-state index contributed by atoms with van der Waals surface area (Å²) in [6.45, 7) is 3.90. The molecule has 1 aliphatic rings. The molecule has 17 heavy (non-hydrogen) atoms. The van der Waals surface area contributed by atoms with Crippen molar-refractivity contribution in [2.75, 3.05) is 0 Å². The van der Waals surface area contributed by atoms with Crippen LogP contribution in [-0.2, 0) is 10.0 Å². The van der Waals surface area contributed by atoms with Crippen molar-refractivity contribution in [1.29, 1.82) is 5.26 Å². The van der Waals surface area contributed by atoms with Crippen LogP contribution in [0.15, 0.2) is 0 Å². The Kier molecular flexibility index (Phi) is 5.41. The van der Waals surface area contributed by atoms with Gasteiger partial charge in [-0.15, -0.1) is 0 Å². The van der Waals surface area contributed by atoms with E-state index in [1.54, 1.807) is 6.92 Å². The maximum atomic E-state index is 11.9. The Balaban J connectivity index is 2.53. The van der Waals surface area contributed by atoms with Gasteiger partial charge in [-0.25, -0.2) is 13.1 Å². The SMILES string of the molecule is CCC1CCC(NS(=O)(=O)C(C#N)CC)CC1. The second-order valence-corrected chi connectivity index (χ2v) is 6.71. The highest BCUT2D eigenvalue weighted by molar-refractivity contribution is 7.90. The summed E-state index contributed by atoms with van der Waals surface area (Å²) < 4.78 is 26.4. The van der Waals surface area contributed by atoms with Crippen LogP contribution in [0.4, 0.5) is 0 Å². The summed E-state index contributed by atoms with van der Waals surface area (Å²) in [6.07, 6.45) is 5.50. The number of hydrogen-bond donors (Lipinski definition) is 1. The topological polar surface area (TPSA) is 70.0 Å². The molecule has 0 saturated heterocycles. The molecular formula is C12H22N2O2S. The monoisotopic (exact) mass is 258 g/mol. The normalized spacial score (nSPS) is 27.4. The summed E-state index contributed by atoms with van der Waals surface area (Å²) in [5.41, 5.74) is 0. The molecule has 0 aromatic rings. The van der Waals surface area contributed by atoms with Gasteiger partial charge in [0.2, 0.25) is 10.0 Å². The molecule has 4 nitrogen and oxygen atoms in total. The summed E-state index contributed by atoms with van der Waals surface area (Å²) >= 11 is 0. The van der Waals surface area contributed by atoms with Crippen LogP contribution in [0.1, 0.15) is 52.4 Å². The van der Waals surface area contributed by atoms with E-state index in [4.69, 9.17) is 5.26 Å². The number of rotatable bonds is 5. The van der Waals surface area contributed by atoms with Crippen molar-refractivity contribution >= 4 is 10.0 Å². The van der Waals surface area contributed by atoms with Crippen molar-refractivity contribution < 1.29 is 8.42 Å². The molecule has 1 atom stereocenters. The number of nitriles is 1. The van der Waals surface area contributed by atoms with Gasteiger partial charge in [-0.3, -0.25) is 0 Å². The molecule has 0 bridgehead atoms. The predicted molar refractivity (Wildman–Crippen MR) is 67.8 cm³/mol. The van der Waals surface area contributed by atoms with Gasteiger partial charge in [0.05, 0.1) is 6.07 Å². The van der Waals surface area contributed by atoms with Gasteiger partial charge in [0.15, 0.2) is 5.25 Å². The predicted octanol–water partition coefficient (Wildman–Crippen LogP) is 2.18. The van der Waals surface area contributed by atoms with Crippen molar-refractivity contribution in [1.82, 2.24) is 4.72 Å². The van der Waals surface area contributed by atoms with Crippen molar-refractivity contribution in [2.24, 2.45) is 5.92 Å². The van der Waals surface area contributed by atoms with Crippen molar-refractivity contribution in [2.45, 2.75) is 63.7 Å². The van der Waals surface area contributed by atoms with Crippen LogP contribution in [-0.4, -0.2) is 19.7 Å². The van der Waals surface area contributed by atoms with Crippen LogP contribution in [0.2, 0.25) is 0 Å². The summed E-state index contributed by atoms with van der Waals surface area (Å²) in [5, 5.41) is 7.89. The summed E-state index contributed by atoms with van der Waals surface area (Å²) in [4.78, 5) is 0. The van der Waals surface area contributed by atoms with Gasteiger partial charge < -0.3 is 0 Å². The molecule has 98 valence electrons. The van der Waals surface area contributed by atoms with E-state index >= 15 is 0 Å². The van der Waals surface area contributed by atoms with Crippen LogP contribution in [0.3, 0.4) is 0 Å². The third-order valence-electron chi connectivity index (χ3n) is 3.64. The van der Waals surface area contributed by atoms with E-state index in [9.17, 15) is 8.42 Å². The molecule has 0 amide bonds. The van der Waals surface area contributed by atoms with Gasteiger partial charge in [-0.1, -0.05) is 20.3 Å². The average Bonchev–Trinajstić information content (AvgIpc) is 2.30. The van der Waals surface area contributed by atoms with E-state index < -0.39 is 15.3 Å². The van der Waals surface area contributed by atoms with Crippen LogP contribution < -0.4 is 4.72 Å². The molecule has 0 aromatic carbocycles. The largest absolute Gasteiger partial charge is 0.228 e. The molecule has 1 unspecified atom stereocenters. The number of nitrogens with zero attached hydrogens (tertiary/aromatic N) is 1. The Morgan fingerprint density at radius 2 is 1.88 bits per heavy atom. The standard InChI is InChI=1S/C12H22N2O2S/c1-3-10-5-7-11(8-6-10)14-17(15,16)12(4-2)9-13/h10-12,14H,3-8H2,1-2H3. The molecule has 1 saturated carbocycles. The Morgan fingerprint density at radius 1 is 1.29 bits per heavy atom. The van der Waals surface area contributed by atoms with E-state index in [0.717, 1.165) is 31.6 Å². The van der Waals surface area contributed by atoms with Crippen molar-refractivity contribution in [3.05, 3.63) is 0 Å². The lowest BCUT2D eigenvalue weighted by Crippen LogP contribution is -2.42. The van der Waals surface area contributed by atoms with E-state index in [2.05, 4.69) is 11.6 Å². The average molecular weight is 258 g/mol. The molecule has 1 N–H and O–H groups in total. The number of sulfonamides is 1. The molecule has 0 aliphatic heterocycles. The highest BCUT2D eigenvalue weighted by Gasteiger charge is 2.28. The zero-order valence-electron chi connectivity index (χ0n) is 10.6. The minimum atomic E-state index is -3.46. The second kappa shape index (κ2) is 6.36. The minimum Gasteiger partial charge on any atom is -0.211 e. The van der Waals surface area contributed by atoms with Crippen LogP contribution >= 0.6 is 0 Å². The van der Waals surface area contributed by atoms with Crippen molar-refractivity contribution in [3.63, 3.8) is 0 Å². The lowest BCUT2D eigenvalue weighted by atomic mass is 9.85. The van der Waals surface area contributed by atoms with Crippen LogP contribution in [0.25, 0.3) is 0 Å². The molecule has 0 radical (unpaired) electrons. The minimum absolute atomic E-state index is 0.0326. The zero-order valence-corrected chi connectivity index (χ0v) is 11.5. The highest BCUT2D eigenvalue weighted by Crippen LogP contribution is 2.27. The van der Waals surface area contributed by atoms with Crippen LogP contribution in [0.5, 0.6) is 0 Å². The van der Waals surface area contributed by atoms with E-state index in [-0.39, 0.29) is 6.04 Å². The molecular weight excluding hydrogens is 236 g/mol. The first kappa shape index (κ1) is 14.5. The maximum Gasteiger partial charge on any atom is 0.228 e. The van der Waals surface area contributed by atoms with E-state index in [0.29, 0.717) is 6.42 Å². The third-order valence-corrected chi connectivity index (χ3v) is 5.49. The quantitative estimate of drug-likeness (QED) is 0.821. The summed E-state index contributed by atoms with van der Waals surface area (Å²) in [6, 6.07) is 1.88. The fourth-order valence-corrected chi connectivity index (χ4v) is 3.83. The van der Waals surface area contributed by atoms with Gasteiger partial charge >= 0.3 is 0 Å². The fourth-order valence-electron chi connectivity index (χ4n) is 2.38. The molecule has 5 heteroatoms. The molecule has 1 aliphatic carbocycles. The Labute approximate surface area is 104 Å². The fraction of sp³-hybridized carbons (Fsp3) is 0.917. The smallest absolute Gasteiger partial charge is 0.211 e.